The SMILES string of the molecule is O=C(CCc1nc(-c2ccc(F)cc2)no1)NC(c1ccccc1)c1ccccc1. The lowest BCUT2D eigenvalue weighted by molar-refractivity contribution is -0.121. The lowest BCUT2D eigenvalue weighted by atomic mass is 9.98. The number of aromatic nitrogens is 2. The van der Waals surface area contributed by atoms with E-state index in [1.807, 2.05) is 60.7 Å². The summed E-state index contributed by atoms with van der Waals surface area (Å²) in [5.74, 6) is 0.289. The van der Waals surface area contributed by atoms with E-state index in [2.05, 4.69) is 15.5 Å². The van der Waals surface area contributed by atoms with E-state index in [9.17, 15) is 9.18 Å². The normalized spacial score (nSPS) is 10.9. The van der Waals surface area contributed by atoms with Crippen molar-refractivity contribution in [1.29, 1.82) is 0 Å². The second-order valence-electron chi connectivity index (χ2n) is 6.84. The molecule has 1 aromatic heterocycles. The van der Waals surface area contributed by atoms with Gasteiger partial charge in [0.15, 0.2) is 0 Å². The number of amides is 1. The van der Waals surface area contributed by atoms with Gasteiger partial charge in [0.1, 0.15) is 5.82 Å². The summed E-state index contributed by atoms with van der Waals surface area (Å²) in [5, 5.41) is 7.00. The quantitative estimate of drug-likeness (QED) is 0.487. The van der Waals surface area contributed by atoms with Gasteiger partial charge in [-0.15, -0.1) is 0 Å². The van der Waals surface area contributed by atoms with Crippen LogP contribution < -0.4 is 5.32 Å². The van der Waals surface area contributed by atoms with Gasteiger partial charge in [0.25, 0.3) is 0 Å². The summed E-state index contributed by atoms with van der Waals surface area (Å²) >= 11 is 0. The van der Waals surface area contributed by atoms with Gasteiger partial charge in [-0.2, -0.15) is 4.98 Å². The molecule has 5 nitrogen and oxygen atoms in total. The van der Waals surface area contributed by atoms with Crippen LogP contribution in [0.5, 0.6) is 0 Å². The van der Waals surface area contributed by atoms with Crippen LogP contribution in [0.3, 0.4) is 0 Å². The fourth-order valence-electron chi connectivity index (χ4n) is 3.18. The van der Waals surface area contributed by atoms with Crippen molar-refractivity contribution in [3.05, 3.63) is 108 Å². The molecule has 0 bridgehead atoms. The maximum atomic E-state index is 13.1. The monoisotopic (exact) mass is 401 g/mol. The molecule has 0 saturated carbocycles. The number of hydrogen-bond donors (Lipinski definition) is 1. The van der Waals surface area contributed by atoms with Crippen molar-refractivity contribution in [2.75, 3.05) is 0 Å². The third kappa shape index (κ3) is 4.78. The molecule has 1 amide bonds. The Morgan fingerprint density at radius 2 is 1.50 bits per heavy atom. The molecule has 3 aromatic carbocycles. The van der Waals surface area contributed by atoms with Crippen LogP contribution in [0.1, 0.15) is 29.5 Å². The maximum Gasteiger partial charge on any atom is 0.227 e. The molecule has 0 fully saturated rings. The minimum Gasteiger partial charge on any atom is -0.345 e. The second-order valence-corrected chi connectivity index (χ2v) is 6.84. The molecule has 0 unspecified atom stereocenters. The van der Waals surface area contributed by atoms with E-state index in [4.69, 9.17) is 4.52 Å². The molecular formula is C24H20FN3O2. The molecule has 0 saturated heterocycles. The van der Waals surface area contributed by atoms with E-state index < -0.39 is 0 Å². The molecule has 1 N–H and O–H groups in total. The number of aryl methyl sites for hydroxylation is 1. The lowest BCUT2D eigenvalue weighted by Crippen LogP contribution is -2.29. The predicted octanol–water partition coefficient (Wildman–Crippen LogP) is 4.71. The molecule has 150 valence electrons. The molecule has 4 aromatic rings. The summed E-state index contributed by atoms with van der Waals surface area (Å²) in [6, 6.07) is 25.3. The van der Waals surface area contributed by atoms with Gasteiger partial charge < -0.3 is 9.84 Å². The van der Waals surface area contributed by atoms with Gasteiger partial charge in [0.05, 0.1) is 6.04 Å². The molecule has 1 heterocycles. The zero-order valence-electron chi connectivity index (χ0n) is 16.2. The van der Waals surface area contributed by atoms with E-state index >= 15 is 0 Å². The van der Waals surface area contributed by atoms with Crippen LogP contribution in [0.15, 0.2) is 89.5 Å². The molecule has 6 heteroatoms. The van der Waals surface area contributed by atoms with Crippen molar-refractivity contribution in [1.82, 2.24) is 15.5 Å². The van der Waals surface area contributed by atoms with Crippen LogP contribution in [-0.4, -0.2) is 16.0 Å². The van der Waals surface area contributed by atoms with Gasteiger partial charge >= 0.3 is 0 Å². The fourth-order valence-corrected chi connectivity index (χ4v) is 3.18. The largest absolute Gasteiger partial charge is 0.345 e. The van der Waals surface area contributed by atoms with Crippen molar-refractivity contribution in [3.8, 4) is 11.4 Å². The molecule has 0 spiro atoms. The Balaban J connectivity index is 1.41. The van der Waals surface area contributed by atoms with Crippen molar-refractivity contribution >= 4 is 5.91 Å². The number of hydrogen-bond acceptors (Lipinski definition) is 4. The molecule has 0 aliphatic rings. The third-order valence-electron chi connectivity index (χ3n) is 4.71. The first-order chi connectivity index (χ1) is 14.7. The number of carbonyl (C=O) groups is 1. The van der Waals surface area contributed by atoms with Crippen molar-refractivity contribution < 1.29 is 13.7 Å². The number of halogens is 1. The average molecular weight is 401 g/mol. The zero-order valence-corrected chi connectivity index (χ0v) is 16.2. The minimum atomic E-state index is -0.328. The van der Waals surface area contributed by atoms with Crippen LogP contribution in [0.25, 0.3) is 11.4 Å². The van der Waals surface area contributed by atoms with E-state index in [0.29, 0.717) is 23.7 Å². The average Bonchev–Trinajstić information content (AvgIpc) is 3.27. The number of carbonyl (C=O) groups excluding carboxylic acids is 1. The Kier molecular flexibility index (Phi) is 5.94. The van der Waals surface area contributed by atoms with Gasteiger partial charge in [0.2, 0.25) is 17.6 Å². The first-order valence-corrected chi connectivity index (χ1v) is 9.67. The fraction of sp³-hybridized carbons (Fsp3) is 0.125. The van der Waals surface area contributed by atoms with Crippen LogP contribution >= 0.6 is 0 Å². The van der Waals surface area contributed by atoms with Crippen molar-refractivity contribution in [2.24, 2.45) is 0 Å². The van der Waals surface area contributed by atoms with E-state index in [0.717, 1.165) is 11.1 Å². The van der Waals surface area contributed by atoms with E-state index in [1.54, 1.807) is 12.1 Å². The minimum absolute atomic E-state index is 0.116. The van der Waals surface area contributed by atoms with Crippen LogP contribution in [0.2, 0.25) is 0 Å². The summed E-state index contributed by atoms with van der Waals surface area (Å²) in [4.78, 5) is 16.9. The summed E-state index contributed by atoms with van der Waals surface area (Å²) in [5.41, 5.74) is 2.67. The highest BCUT2D eigenvalue weighted by Gasteiger charge is 2.17. The molecule has 30 heavy (non-hydrogen) atoms. The lowest BCUT2D eigenvalue weighted by Gasteiger charge is -2.19. The molecule has 0 aliphatic heterocycles. The molecule has 4 rings (SSSR count). The van der Waals surface area contributed by atoms with Crippen LogP contribution in [-0.2, 0) is 11.2 Å². The van der Waals surface area contributed by atoms with Crippen molar-refractivity contribution in [2.45, 2.75) is 18.9 Å². The topological polar surface area (TPSA) is 68.0 Å². The number of nitrogens with zero attached hydrogens (tertiary/aromatic N) is 2. The second kappa shape index (κ2) is 9.13. The summed E-state index contributed by atoms with van der Waals surface area (Å²) in [7, 11) is 0. The van der Waals surface area contributed by atoms with Gasteiger partial charge in [0, 0.05) is 18.4 Å². The Labute approximate surface area is 173 Å². The first-order valence-electron chi connectivity index (χ1n) is 9.67. The zero-order chi connectivity index (χ0) is 20.8. The van der Waals surface area contributed by atoms with Crippen LogP contribution in [0.4, 0.5) is 4.39 Å². The van der Waals surface area contributed by atoms with Crippen molar-refractivity contribution in [3.63, 3.8) is 0 Å². The van der Waals surface area contributed by atoms with Crippen LogP contribution in [0, 0.1) is 5.82 Å². The maximum absolute atomic E-state index is 13.1. The standard InChI is InChI=1S/C24H20FN3O2/c25-20-13-11-19(12-14-20)24-27-22(30-28-24)16-15-21(29)26-23(17-7-3-1-4-8-17)18-9-5-2-6-10-18/h1-14,23H,15-16H2,(H,26,29). The van der Waals surface area contributed by atoms with Gasteiger partial charge in [-0.05, 0) is 35.4 Å². The highest BCUT2D eigenvalue weighted by Crippen LogP contribution is 2.22. The molecule has 0 aliphatic carbocycles. The first kappa shape index (κ1) is 19.5. The number of nitrogens with one attached hydrogen (secondary N) is 1. The third-order valence-corrected chi connectivity index (χ3v) is 4.71. The Morgan fingerprint density at radius 3 is 2.10 bits per heavy atom. The smallest absolute Gasteiger partial charge is 0.227 e. The Hall–Kier alpha value is -3.80. The molecular weight excluding hydrogens is 381 g/mol. The van der Waals surface area contributed by atoms with E-state index in [1.165, 1.54) is 12.1 Å². The van der Waals surface area contributed by atoms with E-state index in [-0.39, 0.29) is 24.2 Å². The van der Waals surface area contributed by atoms with Gasteiger partial charge in [-0.25, -0.2) is 4.39 Å². The molecule has 0 atom stereocenters. The number of benzene rings is 3. The summed E-state index contributed by atoms with van der Waals surface area (Å²) in [6.45, 7) is 0. The van der Waals surface area contributed by atoms with Gasteiger partial charge in [-0.3, -0.25) is 4.79 Å². The highest BCUT2D eigenvalue weighted by molar-refractivity contribution is 5.77. The van der Waals surface area contributed by atoms with Gasteiger partial charge in [-0.1, -0.05) is 65.8 Å². The summed E-state index contributed by atoms with van der Waals surface area (Å²) in [6.07, 6.45) is 0.525. The Morgan fingerprint density at radius 1 is 0.900 bits per heavy atom. The highest BCUT2D eigenvalue weighted by atomic mass is 19.1. The predicted molar refractivity (Wildman–Crippen MR) is 111 cm³/mol. The summed E-state index contributed by atoms with van der Waals surface area (Å²) < 4.78 is 18.3. The Bertz CT molecular complexity index is 1060. The number of rotatable bonds is 7. The molecule has 0 radical (unpaired) electrons.